The van der Waals surface area contributed by atoms with Crippen LogP contribution in [0.25, 0.3) is 17.0 Å². The number of nitrogens with zero attached hydrogens (tertiary/aromatic N) is 3. The van der Waals surface area contributed by atoms with E-state index in [1.807, 2.05) is 50.2 Å². The van der Waals surface area contributed by atoms with Crippen LogP contribution < -0.4 is 10.1 Å². The van der Waals surface area contributed by atoms with E-state index < -0.39 is 6.04 Å². The number of allylic oxidation sites excluding steroid dienone is 1. The Morgan fingerprint density at radius 2 is 1.88 bits per heavy atom. The molecule has 1 unspecified atom stereocenters. The smallest absolute Gasteiger partial charge is 0.322 e. The van der Waals surface area contributed by atoms with Crippen LogP contribution in [0.15, 0.2) is 58.8 Å². The highest BCUT2D eigenvalue weighted by molar-refractivity contribution is 6.30. The van der Waals surface area contributed by atoms with Crippen molar-refractivity contribution >= 4 is 23.2 Å². The molecule has 4 rings (SSSR count). The minimum absolute atomic E-state index is 0.191. The first-order valence-corrected chi connectivity index (χ1v) is 11.5. The molecule has 0 saturated heterocycles. The van der Waals surface area contributed by atoms with Gasteiger partial charge in [0.15, 0.2) is 0 Å². The number of amides is 2. The van der Waals surface area contributed by atoms with Gasteiger partial charge in [0.1, 0.15) is 5.75 Å². The molecule has 0 fully saturated rings. The van der Waals surface area contributed by atoms with Gasteiger partial charge in [-0.3, -0.25) is 4.90 Å². The van der Waals surface area contributed by atoms with Gasteiger partial charge < -0.3 is 19.3 Å². The quantitative estimate of drug-likeness (QED) is 0.415. The number of methoxy groups -OCH3 is 1. The number of nitrogens with one attached hydrogen (secondary N) is 1. The van der Waals surface area contributed by atoms with Gasteiger partial charge in [0.05, 0.1) is 18.2 Å². The Hall–Kier alpha value is -3.36. The summed E-state index contributed by atoms with van der Waals surface area (Å²) < 4.78 is 16.4. The molecule has 9 heteroatoms. The van der Waals surface area contributed by atoms with Crippen molar-refractivity contribution in [3.05, 3.63) is 70.7 Å². The molecule has 1 N–H and O–H groups in total. The average Bonchev–Trinajstić information content (AvgIpc) is 3.32. The van der Waals surface area contributed by atoms with Crippen LogP contribution in [0, 0.1) is 0 Å². The fourth-order valence-corrected chi connectivity index (χ4v) is 4.04. The van der Waals surface area contributed by atoms with Crippen molar-refractivity contribution in [1.29, 1.82) is 0 Å². The number of aromatic nitrogens is 2. The van der Waals surface area contributed by atoms with Gasteiger partial charge in [-0.05, 0) is 62.2 Å². The Morgan fingerprint density at radius 3 is 2.56 bits per heavy atom. The molecular weight excluding hydrogens is 456 g/mol. The lowest BCUT2D eigenvalue weighted by Gasteiger charge is -2.35. The van der Waals surface area contributed by atoms with Crippen molar-refractivity contribution in [2.75, 3.05) is 26.9 Å². The molecule has 0 aliphatic carbocycles. The lowest BCUT2D eigenvalue weighted by Crippen LogP contribution is -2.46. The zero-order valence-electron chi connectivity index (χ0n) is 19.4. The number of ether oxygens (including phenoxy) is 2. The Labute approximate surface area is 203 Å². The molecule has 8 nitrogen and oxygen atoms in total. The number of carbonyl (C=O) groups is 1. The number of carbonyl (C=O) groups excluding carboxylic acids is 1. The molecule has 2 aromatic carbocycles. The number of benzene rings is 2. The van der Waals surface area contributed by atoms with Crippen molar-refractivity contribution in [1.82, 2.24) is 20.4 Å². The Bertz CT molecular complexity index is 1160. The van der Waals surface area contributed by atoms with Crippen LogP contribution in [-0.2, 0) is 4.74 Å². The second-order valence-electron chi connectivity index (χ2n) is 7.81. The van der Waals surface area contributed by atoms with Crippen LogP contribution in [-0.4, -0.2) is 47.9 Å². The van der Waals surface area contributed by atoms with Gasteiger partial charge in [0, 0.05) is 36.5 Å². The van der Waals surface area contributed by atoms with E-state index >= 15 is 0 Å². The van der Waals surface area contributed by atoms with Crippen LogP contribution in [0.4, 0.5) is 4.79 Å². The first-order chi connectivity index (χ1) is 16.5. The molecule has 0 bridgehead atoms. The molecule has 1 aliphatic rings. The summed E-state index contributed by atoms with van der Waals surface area (Å²) in [7, 11) is 1.64. The first kappa shape index (κ1) is 23.8. The van der Waals surface area contributed by atoms with Crippen LogP contribution >= 0.6 is 11.6 Å². The van der Waals surface area contributed by atoms with Crippen LogP contribution in [0.1, 0.15) is 37.8 Å². The van der Waals surface area contributed by atoms with Gasteiger partial charge >= 0.3 is 6.03 Å². The van der Waals surface area contributed by atoms with E-state index in [4.69, 9.17) is 25.6 Å². The molecule has 1 aliphatic heterocycles. The minimum atomic E-state index is -0.461. The molecular formula is C25H27ClN4O4. The van der Waals surface area contributed by atoms with E-state index in [0.29, 0.717) is 42.9 Å². The van der Waals surface area contributed by atoms with Crippen molar-refractivity contribution in [2.45, 2.75) is 26.3 Å². The van der Waals surface area contributed by atoms with Gasteiger partial charge in [0.2, 0.25) is 5.82 Å². The maximum absolute atomic E-state index is 13.0. The summed E-state index contributed by atoms with van der Waals surface area (Å²) >= 11 is 6.09. The van der Waals surface area contributed by atoms with E-state index in [1.54, 1.807) is 24.1 Å². The topological polar surface area (TPSA) is 89.7 Å². The normalized spacial score (nSPS) is 16.1. The summed E-state index contributed by atoms with van der Waals surface area (Å²) in [6.07, 6.45) is 0.696. The summed E-state index contributed by atoms with van der Waals surface area (Å²) in [5, 5.41) is 7.90. The molecule has 1 atom stereocenters. The summed E-state index contributed by atoms with van der Waals surface area (Å²) in [5.74, 6) is 1.58. The zero-order chi connectivity index (χ0) is 24.1. The first-order valence-electron chi connectivity index (χ1n) is 11.1. The van der Waals surface area contributed by atoms with Crippen molar-refractivity contribution in [3.8, 4) is 17.1 Å². The second kappa shape index (κ2) is 10.7. The highest BCUT2D eigenvalue weighted by Gasteiger charge is 2.35. The maximum Gasteiger partial charge on any atom is 0.322 e. The molecule has 2 amide bonds. The third-order valence-corrected chi connectivity index (χ3v) is 5.86. The van der Waals surface area contributed by atoms with Crippen LogP contribution in [0.5, 0.6) is 5.75 Å². The van der Waals surface area contributed by atoms with Gasteiger partial charge in [-0.1, -0.05) is 28.9 Å². The fourth-order valence-electron chi connectivity index (χ4n) is 3.92. The second-order valence-corrected chi connectivity index (χ2v) is 8.25. The standard InChI is InChI=1S/C25H27ClN4O4/c1-4-33-20-12-8-18(9-13-20)23-28-24(34-29-23)21-16(2)30(14-5-15-32-3)25(31)27-22(21)17-6-10-19(26)11-7-17/h6-13,22H,4-5,14-15H2,1-3H3,(H,27,31). The molecule has 178 valence electrons. The molecule has 2 heterocycles. The van der Waals surface area contributed by atoms with Gasteiger partial charge in [-0.15, -0.1) is 0 Å². The van der Waals surface area contributed by atoms with E-state index in [9.17, 15) is 4.79 Å². The maximum atomic E-state index is 13.0. The summed E-state index contributed by atoms with van der Waals surface area (Å²) in [6, 6.07) is 14.2. The SMILES string of the molecule is CCOc1ccc(-c2noc(C3=C(C)N(CCCOC)C(=O)NC3c3ccc(Cl)cc3)n2)cc1. The molecule has 0 saturated carbocycles. The predicted molar refractivity (Wildman–Crippen MR) is 129 cm³/mol. The monoisotopic (exact) mass is 482 g/mol. The Morgan fingerprint density at radius 1 is 1.15 bits per heavy atom. The summed E-state index contributed by atoms with van der Waals surface area (Å²) in [5.41, 5.74) is 3.16. The number of hydrogen-bond acceptors (Lipinski definition) is 6. The van der Waals surface area contributed by atoms with E-state index in [1.165, 1.54) is 0 Å². The van der Waals surface area contributed by atoms with Gasteiger partial charge in [-0.2, -0.15) is 4.98 Å². The van der Waals surface area contributed by atoms with E-state index in [0.717, 1.165) is 28.1 Å². The molecule has 0 spiro atoms. The molecule has 0 radical (unpaired) electrons. The molecule has 1 aromatic heterocycles. The summed E-state index contributed by atoms with van der Waals surface area (Å²) in [4.78, 5) is 19.3. The Kier molecular flexibility index (Phi) is 7.49. The van der Waals surface area contributed by atoms with Gasteiger partial charge in [0.25, 0.3) is 5.89 Å². The molecule has 34 heavy (non-hydrogen) atoms. The van der Waals surface area contributed by atoms with E-state index in [-0.39, 0.29) is 6.03 Å². The number of hydrogen-bond donors (Lipinski definition) is 1. The minimum Gasteiger partial charge on any atom is -0.494 e. The van der Waals surface area contributed by atoms with Crippen LogP contribution in [0.3, 0.4) is 0 Å². The lowest BCUT2D eigenvalue weighted by atomic mass is 9.94. The third-order valence-electron chi connectivity index (χ3n) is 5.61. The zero-order valence-corrected chi connectivity index (χ0v) is 20.1. The highest BCUT2D eigenvalue weighted by atomic mass is 35.5. The number of halogens is 1. The van der Waals surface area contributed by atoms with Crippen molar-refractivity contribution < 1.29 is 18.8 Å². The number of urea groups is 1. The predicted octanol–water partition coefficient (Wildman–Crippen LogP) is 5.32. The van der Waals surface area contributed by atoms with E-state index in [2.05, 4.69) is 15.5 Å². The third kappa shape index (κ3) is 5.08. The van der Waals surface area contributed by atoms with Crippen LogP contribution in [0.2, 0.25) is 5.02 Å². The molecule has 3 aromatic rings. The van der Waals surface area contributed by atoms with Crippen molar-refractivity contribution in [3.63, 3.8) is 0 Å². The lowest BCUT2D eigenvalue weighted by molar-refractivity contribution is 0.174. The number of rotatable bonds is 9. The largest absolute Gasteiger partial charge is 0.494 e. The Balaban J connectivity index is 1.72. The fraction of sp³-hybridized carbons (Fsp3) is 0.320. The van der Waals surface area contributed by atoms with Gasteiger partial charge in [-0.25, -0.2) is 4.79 Å². The average molecular weight is 483 g/mol. The summed E-state index contributed by atoms with van der Waals surface area (Å²) in [6.45, 7) is 5.48. The van der Waals surface area contributed by atoms with Crippen molar-refractivity contribution in [2.24, 2.45) is 0 Å². The highest BCUT2D eigenvalue weighted by Crippen LogP contribution is 2.37.